The molecule has 0 spiro atoms. The fourth-order valence-electron chi connectivity index (χ4n) is 3.31. The third kappa shape index (κ3) is 3.46. The van der Waals surface area contributed by atoms with E-state index in [1.165, 1.54) is 6.08 Å². The highest BCUT2D eigenvalue weighted by Crippen LogP contribution is 2.31. The van der Waals surface area contributed by atoms with Gasteiger partial charge in [-0.1, -0.05) is 61.2 Å². The molecule has 4 rings (SSSR count). The van der Waals surface area contributed by atoms with Gasteiger partial charge in [0.15, 0.2) is 0 Å². The summed E-state index contributed by atoms with van der Waals surface area (Å²) < 4.78 is 5.75. The van der Waals surface area contributed by atoms with E-state index in [2.05, 4.69) is 11.9 Å². The van der Waals surface area contributed by atoms with Crippen LogP contribution >= 0.6 is 0 Å². The minimum absolute atomic E-state index is 0.154. The summed E-state index contributed by atoms with van der Waals surface area (Å²) in [5.41, 5.74) is 0.800. The third-order valence-corrected chi connectivity index (χ3v) is 4.69. The van der Waals surface area contributed by atoms with Gasteiger partial charge in [0.1, 0.15) is 17.9 Å². The lowest BCUT2D eigenvalue weighted by Gasteiger charge is -2.26. The van der Waals surface area contributed by atoms with Crippen LogP contribution in [0.3, 0.4) is 0 Å². The zero-order valence-corrected chi connectivity index (χ0v) is 16.0. The number of hydrogen-bond acceptors (Lipinski definition) is 4. The van der Waals surface area contributed by atoms with Gasteiger partial charge < -0.3 is 4.74 Å². The predicted molar refractivity (Wildman–Crippen MR) is 115 cm³/mol. The number of hydrogen-bond donors (Lipinski definition) is 1. The van der Waals surface area contributed by atoms with Crippen LogP contribution in [0.5, 0.6) is 5.75 Å². The van der Waals surface area contributed by atoms with E-state index in [1.54, 1.807) is 42.5 Å². The van der Waals surface area contributed by atoms with Crippen LogP contribution in [0.25, 0.3) is 16.8 Å². The topological polar surface area (TPSA) is 75.7 Å². The minimum Gasteiger partial charge on any atom is -0.489 e. The van der Waals surface area contributed by atoms with Crippen LogP contribution in [-0.4, -0.2) is 24.5 Å². The van der Waals surface area contributed by atoms with Crippen molar-refractivity contribution in [1.82, 2.24) is 5.32 Å². The normalized spacial score (nSPS) is 15.4. The summed E-state index contributed by atoms with van der Waals surface area (Å²) in [6, 6.07) is 18.9. The molecule has 6 heteroatoms. The molecular weight excluding hydrogens is 380 g/mol. The molecule has 1 N–H and O–H groups in total. The number of ether oxygens (including phenoxy) is 1. The third-order valence-electron chi connectivity index (χ3n) is 4.69. The Balaban J connectivity index is 1.86. The number of amides is 4. The first kappa shape index (κ1) is 19.1. The summed E-state index contributed by atoms with van der Waals surface area (Å²) >= 11 is 0. The van der Waals surface area contributed by atoms with Crippen LogP contribution < -0.4 is 15.0 Å². The molecule has 0 atom stereocenters. The quantitative estimate of drug-likeness (QED) is 0.399. The molecule has 3 aromatic carbocycles. The van der Waals surface area contributed by atoms with Crippen LogP contribution in [0.15, 0.2) is 85.0 Å². The fourth-order valence-corrected chi connectivity index (χ4v) is 3.31. The van der Waals surface area contributed by atoms with Gasteiger partial charge in [0.05, 0.1) is 5.69 Å². The number of anilines is 1. The zero-order chi connectivity index (χ0) is 21.1. The smallest absolute Gasteiger partial charge is 0.335 e. The Morgan fingerprint density at radius 3 is 2.43 bits per heavy atom. The summed E-state index contributed by atoms with van der Waals surface area (Å²) in [7, 11) is 0. The van der Waals surface area contributed by atoms with Crippen molar-refractivity contribution in [3.63, 3.8) is 0 Å². The number of para-hydroxylation sites is 1. The van der Waals surface area contributed by atoms with Crippen molar-refractivity contribution >= 4 is 40.4 Å². The lowest BCUT2D eigenvalue weighted by atomic mass is 9.99. The number of nitrogens with one attached hydrogen (secondary N) is 1. The van der Waals surface area contributed by atoms with Gasteiger partial charge in [-0.3, -0.25) is 14.9 Å². The van der Waals surface area contributed by atoms with Gasteiger partial charge >= 0.3 is 6.03 Å². The van der Waals surface area contributed by atoms with Gasteiger partial charge in [-0.25, -0.2) is 9.69 Å². The van der Waals surface area contributed by atoms with Crippen LogP contribution in [0.4, 0.5) is 10.5 Å². The number of carbonyl (C=O) groups excluding carboxylic acids is 3. The molecule has 4 amide bonds. The van der Waals surface area contributed by atoms with E-state index < -0.39 is 17.8 Å². The minimum atomic E-state index is -0.783. The molecule has 6 nitrogen and oxygen atoms in total. The SMILES string of the molecule is C=CCOc1ccc2ccccc2c1/C=C1\C(=O)NC(=O)N(c2ccccc2)C1=O. The second-order valence-electron chi connectivity index (χ2n) is 6.59. The van der Waals surface area contributed by atoms with E-state index >= 15 is 0 Å². The summed E-state index contributed by atoms with van der Waals surface area (Å²) in [6.45, 7) is 3.92. The summed E-state index contributed by atoms with van der Waals surface area (Å²) in [5.74, 6) is -0.942. The van der Waals surface area contributed by atoms with Crippen molar-refractivity contribution in [1.29, 1.82) is 0 Å². The number of fused-ring (bicyclic) bond motifs is 1. The van der Waals surface area contributed by atoms with E-state index in [4.69, 9.17) is 4.74 Å². The highest BCUT2D eigenvalue weighted by molar-refractivity contribution is 6.39. The number of carbonyl (C=O) groups is 3. The van der Waals surface area contributed by atoms with Crippen LogP contribution in [0.2, 0.25) is 0 Å². The molecule has 0 saturated carbocycles. The molecular formula is C24H18N2O4. The first-order valence-electron chi connectivity index (χ1n) is 9.32. The molecule has 1 aliphatic heterocycles. The molecule has 0 radical (unpaired) electrons. The van der Waals surface area contributed by atoms with E-state index in [1.807, 2.05) is 30.3 Å². The number of urea groups is 1. The van der Waals surface area contributed by atoms with E-state index in [9.17, 15) is 14.4 Å². The lowest BCUT2D eigenvalue weighted by molar-refractivity contribution is -0.122. The maximum absolute atomic E-state index is 13.1. The van der Waals surface area contributed by atoms with E-state index in [-0.39, 0.29) is 12.2 Å². The molecule has 0 unspecified atom stereocenters. The van der Waals surface area contributed by atoms with E-state index in [0.29, 0.717) is 17.0 Å². The Bertz CT molecular complexity index is 1200. The maximum Gasteiger partial charge on any atom is 0.335 e. The number of barbiturate groups is 1. The van der Waals surface area contributed by atoms with Crippen molar-refractivity contribution in [3.05, 3.63) is 90.5 Å². The first-order valence-corrected chi connectivity index (χ1v) is 9.32. The Labute approximate surface area is 173 Å². The van der Waals surface area contributed by atoms with Crippen molar-refractivity contribution in [2.45, 2.75) is 0 Å². The Morgan fingerprint density at radius 2 is 1.67 bits per heavy atom. The van der Waals surface area contributed by atoms with Crippen molar-refractivity contribution < 1.29 is 19.1 Å². The Morgan fingerprint density at radius 1 is 0.933 bits per heavy atom. The van der Waals surface area contributed by atoms with Crippen LogP contribution in [0, 0.1) is 0 Å². The molecule has 30 heavy (non-hydrogen) atoms. The predicted octanol–water partition coefficient (Wildman–Crippen LogP) is 4.07. The van der Waals surface area contributed by atoms with Gasteiger partial charge in [0.2, 0.25) is 0 Å². The van der Waals surface area contributed by atoms with Crippen molar-refractivity contribution in [2.24, 2.45) is 0 Å². The molecule has 1 saturated heterocycles. The lowest BCUT2D eigenvalue weighted by Crippen LogP contribution is -2.54. The molecule has 0 bridgehead atoms. The molecule has 1 fully saturated rings. The number of benzene rings is 3. The average molecular weight is 398 g/mol. The largest absolute Gasteiger partial charge is 0.489 e. The number of imide groups is 2. The highest BCUT2D eigenvalue weighted by atomic mass is 16.5. The van der Waals surface area contributed by atoms with Crippen molar-refractivity contribution in [2.75, 3.05) is 11.5 Å². The summed E-state index contributed by atoms with van der Waals surface area (Å²) in [6.07, 6.45) is 3.08. The van der Waals surface area contributed by atoms with Crippen LogP contribution in [-0.2, 0) is 9.59 Å². The molecule has 148 valence electrons. The van der Waals surface area contributed by atoms with Gasteiger partial charge in [0, 0.05) is 5.56 Å². The van der Waals surface area contributed by atoms with Gasteiger partial charge in [-0.05, 0) is 35.0 Å². The average Bonchev–Trinajstić information content (AvgIpc) is 2.76. The fraction of sp³-hybridized carbons (Fsp3) is 0.0417. The van der Waals surface area contributed by atoms with Gasteiger partial charge in [0.25, 0.3) is 11.8 Å². The second kappa shape index (κ2) is 8.05. The molecule has 3 aromatic rings. The van der Waals surface area contributed by atoms with E-state index in [0.717, 1.165) is 15.7 Å². The first-order chi connectivity index (χ1) is 14.6. The Hall–Kier alpha value is -4.19. The number of rotatable bonds is 5. The van der Waals surface area contributed by atoms with Gasteiger partial charge in [-0.2, -0.15) is 0 Å². The standard InChI is InChI=1S/C24H18N2O4/c1-2-14-30-21-13-12-16-8-6-7-11-18(16)19(21)15-20-22(27)25-24(29)26(23(20)28)17-9-4-3-5-10-17/h2-13,15H,1,14H2,(H,25,27,29)/b20-15+. The highest BCUT2D eigenvalue weighted by Gasteiger charge is 2.37. The summed E-state index contributed by atoms with van der Waals surface area (Å²) in [4.78, 5) is 39.0. The molecule has 0 aliphatic carbocycles. The number of nitrogens with zero attached hydrogens (tertiary/aromatic N) is 1. The van der Waals surface area contributed by atoms with Gasteiger partial charge in [-0.15, -0.1) is 0 Å². The van der Waals surface area contributed by atoms with Crippen LogP contribution in [0.1, 0.15) is 5.56 Å². The molecule has 1 heterocycles. The Kier molecular flexibility index (Phi) is 5.13. The second-order valence-corrected chi connectivity index (χ2v) is 6.59. The molecule has 0 aromatic heterocycles. The molecule has 1 aliphatic rings. The van der Waals surface area contributed by atoms with Crippen molar-refractivity contribution in [3.8, 4) is 5.75 Å². The monoisotopic (exact) mass is 398 g/mol. The zero-order valence-electron chi connectivity index (χ0n) is 16.0. The summed E-state index contributed by atoms with van der Waals surface area (Å²) in [5, 5.41) is 3.98. The maximum atomic E-state index is 13.1.